The number of rotatable bonds is 3. The molecule has 100 valence electrons. The average molecular weight is 250 g/mol. The number of carbonyl (C=O) groups is 1. The summed E-state index contributed by atoms with van der Waals surface area (Å²) in [4.78, 5) is 17.9. The van der Waals surface area contributed by atoms with Crippen molar-refractivity contribution in [3.63, 3.8) is 0 Å². The van der Waals surface area contributed by atoms with E-state index in [4.69, 9.17) is 4.74 Å². The molecule has 1 saturated heterocycles. The Bertz CT molecular complexity index is 357. The molecule has 1 aromatic heterocycles. The molecular weight excluding hydrogens is 228 g/mol. The summed E-state index contributed by atoms with van der Waals surface area (Å²) < 4.78 is 4.90. The Morgan fingerprint density at radius 2 is 2.00 bits per heavy atom. The zero-order valence-corrected chi connectivity index (χ0v) is 11.5. The van der Waals surface area contributed by atoms with Crippen molar-refractivity contribution in [2.24, 2.45) is 0 Å². The number of esters is 1. The fraction of sp³-hybridized carbons (Fsp3) is 0.571. The van der Waals surface area contributed by atoms with E-state index in [0.717, 1.165) is 18.9 Å². The van der Waals surface area contributed by atoms with Crippen LogP contribution in [0.1, 0.15) is 44.0 Å². The molecular formula is C14H22N2O2. The molecule has 1 fully saturated rings. The average Bonchev–Trinajstić information content (AvgIpc) is 2.95. The highest BCUT2D eigenvalue weighted by atomic mass is 16.5. The molecule has 0 amide bonds. The molecule has 2 rings (SSSR count). The molecule has 0 bridgehead atoms. The molecule has 0 aliphatic carbocycles. The van der Waals surface area contributed by atoms with E-state index in [9.17, 15) is 4.79 Å². The summed E-state index contributed by atoms with van der Waals surface area (Å²) in [5.74, 6) is 0.647. The van der Waals surface area contributed by atoms with Gasteiger partial charge in [-0.25, -0.2) is 9.78 Å². The number of nitrogens with zero attached hydrogens (tertiary/aromatic N) is 2. The maximum atomic E-state index is 11.4. The normalized spacial score (nSPS) is 13.8. The second-order valence-electron chi connectivity index (χ2n) is 3.82. The zero-order chi connectivity index (χ0) is 13.4. The van der Waals surface area contributed by atoms with Gasteiger partial charge in [-0.05, 0) is 31.9 Å². The second kappa shape index (κ2) is 7.69. The van der Waals surface area contributed by atoms with Crippen LogP contribution in [0.3, 0.4) is 0 Å². The highest BCUT2D eigenvalue weighted by molar-refractivity contribution is 5.89. The maximum Gasteiger partial charge on any atom is 0.339 e. The minimum atomic E-state index is -0.303. The largest absolute Gasteiger partial charge is 0.462 e. The van der Waals surface area contributed by atoms with Crippen LogP contribution in [-0.4, -0.2) is 30.6 Å². The number of anilines is 1. The third-order valence-electron chi connectivity index (χ3n) is 2.69. The summed E-state index contributed by atoms with van der Waals surface area (Å²) >= 11 is 0. The third kappa shape index (κ3) is 3.72. The summed E-state index contributed by atoms with van der Waals surface area (Å²) in [6.07, 6.45) is 4.04. The molecule has 2 heterocycles. The molecule has 0 N–H and O–H groups in total. The molecule has 18 heavy (non-hydrogen) atoms. The van der Waals surface area contributed by atoms with Gasteiger partial charge in [-0.2, -0.15) is 0 Å². The predicted octanol–water partition coefficient (Wildman–Crippen LogP) is 2.88. The van der Waals surface area contributed by atoms with E-state index in [1.807, 2.05) is 19.9 Å². The minimum absolute atomic E-state index is 0.303. The van der Waals surface area contributed by atoms with Crippen molar-refractivity contribution in [1.29, 1.82) is 0 Å². The Morgan fingerprint density at radius 1 is 1.33 bits per heavy atom. The van der Waals surface area contributed by atoms with Crippen LogP contribution in [0.2, 0.25) is 0 Å². The van der Waals surface area contributed by atoms with E-state index in [0.29, 0.717) is 12.2 Å². The number of pyridine rings is 1. The molecule has 4 nitrogen and oxygen atoms in total. The zero-order valence-electron chi connectivity index (χ0n) is 11.5. The van der Waals surface area contributed by atoms with Crippen molar-refractivity contribution in [2.75, 3.05) is 24.6 Å². The number of aromatic nitrogens is 1. The van der Waals surface area contributed by atoms with E-state index in [1.54, 1.807) is 19.2 Å². The molecule has 0 saturated carbocycles. The van der Waals surface area contributed by atoms with Crippen molar-refractivity contribution < 1.29 is 9.53 Å². The Morgan fingerprint density at radius 3 is 2.50 bits per heavy atom. The van der Waals surface area contributed by atoms with Crippen LogP contribution in [0.5, 0.6) is 0 Å². The van der Waals surface area contributed by atoms with Gasteiger partial charge in [0.2, 0.25) is 0 Å². The molecule has 0 spiro atoms. The van der Waals surface area contributed by atoms with Gasteiger partial charge in [0.1, 0.15) is 5.82 Å². The van der Waals surface area contributed by atoms with Crippen molar-refractivity contribution in [3.8, 4) is 0 Å². The minimum Gasteiger partial charge on any atom is -0.462 e. The predicted molar refractivity (Wildman–Crippen MR) is 73.0 cm³/mol. The summed E-state index contributed by atoms with van der Waals surface area (Å²) in [6.45, 7) is 8.31. The smallest absolute Gasteiger partial charge is 0.339 e. The van der Waals surface area contributed by atoms with Gasteiger partial charge in [-0.1, -0.05) is 13.8 Å². The van der Waals surface area contributed by atoms with Crippen molar-refractivity contribution in [1.82, 2.24) is 4.98 Å². The molecule has 0 radical (unpaired) electrons. The van der Waals surface area contributed by atoms with Crippen LogP contribution in [0.15, 0.2) is 18.3 Å². The van der Waals surface area contributed by atoms with Crippen LogP contribution >= 0.6 is 0 Å². The van der Waals surface area contributed by atoms with Crippen molar-refractivity contribution in [3.05, 3.63) is 23.9 Å². The topological polar surface area (TPSA) is 42.4 Å². The number of hydrogen-bond donors (Lipinski definition) is 0. The van der Waals surface area contributed by atoms with Crippen LogP contribution < -0.4 is 4.90 Å². The first-order valence-corrected chi connectivity index (χ1v) is 6.69. The molecule has 0 aromatic carbocycles. The Hall–Kier alpha value is -1.58. The van der Waals surface area contributed by atoms with E-state index < -0.39 is 0 Å². The quantitative estimate of drug-likeness (QED) is 0.774. The van der Waals surface area contributed by atoms with Gasteiger partial charge < -0.3 is 9.64 Å². The fourth-order valence-corrected chi connectivity index (χ4v) is 1.85. The molecule has 0 atom stereocenters. The number of carbonyl (C=O) groups excluding carboxylic acids is 1. The lowest BCUT2D eigenvalue weighted by atomic mass is 10.3. The SMILES string of the molecule is CC.CCOC(=O)c1ccc(N2CCCC2)nc1. The summed E-state index contributed by atoms with van der Waals surface area (Å²) in [5.41, 5.74) is 0.518. The molecule has 1 aliphatic heterocycles. The van der Waals surface area contributed by atoms with Gasteiger partial charge in [0.25, 0.3) is 0 Å². The first-order chi connectivity index (χ1) is 8.81. The highest BCUT2D eigenvalue weighted by Crippen LogP contribution is 2.17. The van der Waals surface area contributed by atoms with E-state index in [1.165, 1.54) is 12.8 Å². The van der Waals surface area contributed by atoms with Gasteiger partial charge in [-0.15, -0.1) is 0 Å². The summed E-state index contributed by atoms with van der Waals surface area (Å²) in [7, 11) is 0. The van der Waals surface area contributed by atoms with E-state index in [-0.39, 0.29) is 5.97 Å². The van der Waals surface area contributed by atoms with Gasteiger partial charge >= 0.3 is 5.97 Å². The second-order valence-corrected chi connectivity index (χ2v) is 3.82. The first kappa shape index (κ1) is 14.5. The first-order valence-electron chi connectivity index (χ1n) is 6.69. The Balaban J connectivity index is 0.000000771. The van der Waals surface area contributed by atoms with Crippen LogP contribution in [0.25, 0.3) is 0 Å². The van der Waals surface area contributed by atoms with E-state index >= 15 is 0 Å². The lowest BCUT2D eigenvalue weighted by Crippen LogP contribution is -2.19. The lowest BCUT2D eigenvalue weighted by Gasteiger charge is -2.15. The molecule has 0 unspecified atom stereocenters. The summed E-state index contributed by atoms with van der Waals surface area (Å²) in [5, 5.41) is 0. The van der Waals surface area contributed by atoms with E-state index in [2.05, 4.69) is 9.88 Å². The number of ether oxygens (including phenoxy) is 1. The molecule has 1 aliphatic rings. The van der Waals surface area contributed by atoms with Gasteiger partial charge in [0.05, 0.1) is 12.2 Å². The van der Waals surface area contributed by atoms with Crippen molar-refractivity contribution >= 4 is 11.8 Å². The lowest BCUT2D eigenvalue weighted by molar-refractivity contribution is 0.0526. The number of hydrogen-bond acceptors (Lipinski definition) is 4. The Labute approximate surface area is 109 Å². The van der Waals surface area contributed by atoms with Gasteiger partial charge in [0, 0.05) is 19.3 Å². The van der Waals surface area contributed by atoms with Crippen molar-refractivity contribution in [2.45, 2.75) is 33.6 Å². The monoisotopic (exact) mass is 250 g/mol. The summed E-state index contributed by atoms with van der Waals surface area (Å²) in [6, 6.07) is 3.66. The highest BCUT2D eigenvalue weighted by Gasteiger charge is 2.14. The van der Waals surface area contributed by atoms with Gasteiger partial charge in [0.15, 0.2) is 0 Å². The van der Waals surface area contributed by atoms with Gasteiger partial charge in [-0.3, -0.25) is 0 Å². The van der Waals surface area contributed by atoms with Crippen LogP contribution in [-0.2, 0) is 4.74 Å². The standard InChI is InChI=1S/C12H16N2O2.C2H6/c1-2-16-12(15)10-5-6-11(13-9-10)14-7-3-4-8-14;1-2/h5-6,9H,2-4,7-8H2,1H3;1-2H3. The van der Waals surface area contributed by atoms with Crippen LogP contribution in [0.4, 0.5) is 5.82 Å². The third-order valence-corrected chi connectivity index (χ3v) is 2.69. The fourth-order valence-electron chi connectivity index (χ4n) is 1.85. The molecule has 4 heteroatoms. The van der Waals surface area contributed by atoms with Crippen LogP contribution in [0, 0.1) is 0 Å². The maximum absolute atomic E-state index is 11.4. The Kier molecular flexibility index (Phi) is 6.19. The molecule has 1 aromatic rings.